The molecule has 4 saturated carbocycles. The predicted molar refractivity (Wildman–Crippen MR) is 175 cm³/mol. The number of halogens is 3. The van der Waals surface area contributed by atoms with E-state index in [2.05, 4.69) is 18.7 Å². The third kappa shape index (κ3) is 5.12. The molecule has 0 heterocycles. The molecule has 0 aromatic heterocycles. The van der Waals surface area contributed by atoms with Crippen molar-refractivity contribution in [3.8, 4) is 5.75 Å². The molecule has 1 aromatic carbocycles. The number of aromatic hydroxyl groups is 1. The van der Waals surface area contributed by atoms with Crippen LogP contribution in [-0.4, -0.2) is 86.5 Å². The largest absolute Gasteiger partial charge is 0.510 e. The number of amides is 1. The van der Waals surface area contributed by atoms with Crippen LogP contribution < -0.4 is 5.73 Å². The van der Waals surface area contributed by atoms with Gasteiger partial charge in [-0.25, -0.2) is 0 Å². The first-order valence-electron chi connectivity index (χ1n) is 17.6. The molecule has 6 N–H and O–H groups in total. The molecule has 0 saturated heterocycles. The Balaban J connectivity index is 1.30. The second-order valence-electron chi connectivity index (χ2n) is 16.6. The Kier molecular flexibility index (Phi) is 8.08. The van der Waals surface area contributed by atoms with Crippen LogP contribution in [0.2, 0.25) is 0 Å². The Morgan fingerprint density at radius 2 is 1.70 bits per heavy atom. The summed E-state index contributed by atoms with van der Waals surface area (Å²) >= 11 is 0. The molecule has 7 aliphatic carbocycles. The minimum absolute atomic E-state index is 0.0554. The molecule has 10 nitrogen and oxygen atoms in total. The number of aliphatic hydroxyl groups is 3. The Labute approximate surface area is 288 Å². The fourth-order valence-electron chi connectivity index (χ4n) is 10.5. The lowest BCUT2D eigenvalue weighted by Gasteiger charge is -2.60. The highest BCUT2D eigenvalue weighted by Crippen LogP contribution is 2.61. The number of benzene rings is 1. The van der Waals surface area contributed by atoms with Gasteiger partial charge in [0.05, 0.1) is 17.2 Å². The molecule has 13 heteroatoms. The van der Waals surface area contributed by atoms with Crippen molar-refractivity contribution in [1.29, 1.82) is 0 Å². The van der Waals surface area contributed by atoms with Gasteiger partial charge in [0, 0.05) is 31.1 Å². The van der Waals surface area contributed by atoms with Crippen LogP contribution in [0.4, 0.5) is 13.2 Å². The Hall–Kier alpha value is -3.42. The highest BCUT2D eigenvalue weighted by Gasteiger charge is 2.63. The van der Waals surface area contributed by atoms with Crippen molar-refractivity contribution in [2.75, 3.05) is 27.2 Å². The van der Waals surface area contributed by atoms with Gasteiger partial charge in [-0.2, -0.15) is 13.2 Å². The molecule has 2 unspecified atom stereocenters. The zero-order chi connectivity index (χ0) is 36.4. The van der Waals surface area contributed by atoms with Gasteiger partial charge in [0.25, 0.3) is 5.91 Å². The molecule has 50 heavy (non-hydrogen) atoms. The summed E-state index contributed by atoms with van der Waals surface area (Å²) in [5, 5.41) is 45.6. The summed E-state index contributed by atoms with van der Waals surface area (Å²) in [6.45, 7) is 5.82. The van der Waals surface area contributed by atoms with Crippen molar-refractivity contribution in [2.24, 2.45) is 46.7 Å². The summed E-state index contributed by atoms with van der Waals surface area (Å²) in [4.78, 5) is 43.3. The van der Waals surface area contributed by atoms with E-state index in [0.29, 0.717) is 36.8 Å². The van der Waals surface area contributed by atoms with Gasteiger partial charge in [-0.3, -0.25) is 24.2 Å². The molecule has 1 aromatic rings. The molecular formula is C37H46F3N3O7. The van der Waals surface area contributed by atoms with Crippen LogP contribution in [0, 0.1) is 40.9 Å². The van der Waals surface area contributed by atoms with E-state index in [1.807, 2.05) is 0 Å². The van der Waals surface area contributed by atoms with Crippen molar-refractivity contribution in [1.82, 2.24) is 9.80 Å². The summed E-state index contributed by atoms with van der Waals surface area (Å²) in [5.74, 6) is -6.91. The fraction of sp³-hybridized carbons (Fsp3) is 0.649. The number of rotatable bonds is 8. The van der Waals surface area contributed by atoms with Crippen molar-refractivity contribution < 1.29 is 48.0 Å². The van der Waals surface area contributed by atoms with Crippen molar-refractivity contribution in [3.63, 3.8) is 0 Å². The number of nitrogens with two attached hydrogens (primary N) is 1. The molecular weight excluding hydrogens is 655 g/mol. The summed E-state index contributed by atoms with van der Waals surface area (Å²) in [6, 6.07) is -0.240. The lowest BCUT2D eigenvalue weighted by Crippen LogP contribution is -2.63. The number of hydrogen-bond acceptors (Lipinski definition) is 9. The van der Waals surface area contributed by atoms with Crippen molar-refractivity contribution in [2.45, 2.75) is 83.2 Å². The first-order valence-corrected chi connectivity index (χ1v) is 17.6. The van der Waals surface area contributed by atoms with E-state index in [-0.39, 0.29) is 23.9 Å². The molecule has 8 rings (SSSR count). The SMILES string of the molecule is CN(C)[C@@H]1C(O)=C(C(N)=O)C(=O)[C@@]2(O)C(O)=C3C(=O)c4c(O)cc(CN(CC5CC5)C[C@H]5CCC6CC5C6(C)C)c(C(F)(F)F)c4C[C@H]3C[C@@H]12. The number of phenols is 1. The summed E-state index contributed by atoms with van der Waals surface area (Å²) in [6.07, 6.45) is -0.285. The van der Waals surface area contributed by atoms with Crippen LogP contribution in [0.15, 0.2) is 28.7 Å². The van der Waals surface area contributed by atoms with E-state index in [1.165, 1.54) is 19.0 Å². The first-order chi connectivity index (χ1) is 23.3. The molecule has 0 aliphatic heterocycles. The van der Waals surface area contributed by atoms with Gasteiger partial charge in [-0.15, -0.1) is 0 Å². The summed E-state index contributed by atoms with van der Waals surface area (Å²) in [5.41, 5.74) is -0.871. The molecule has 0 radical (unpaired) electrons. The van der Waals surface area contributed by atoms with Gasteiger partial charge >= 0.3 is 6.18 Å². The molecule has 4 fully saturated rings. The maximum atomic E-state index is 15.2. The highest BCUT2D eigenvalue weighted by atomic mass is 19.4. The number of carbonyl (C=O) groups excluding carboxylic acids is 3. The van der Waals surface area contributed by atoms with Crippen LogP contribution in [0.5, 0.6) is 5.75 Å². The normalized spacial score (nSPS) is 33.3. The van der Waals surface area contributed by atoms with Crippen LogP contribution in [0.1, 0.15) is 79.4 Å². The second kappa shape index (κ2) is 11.5. The number of alkyl halides is 3. The third-order valence-corrected chi connectivity index (χ3v) is 13.2. The molecule has 2 bridgehead atoms. The van der Waals surface area contributed by atoms with Gasteiger partial charge in [0.1, 0.15) is 22.8 Å². The van der Waals surface area contributed by atoms with Gasteiger partial charge in [0.15, 0.2) is 11.4 Å². The fourth-order valence-corrected chi connectivity index (χ4v) is 10.5. The van der Waals surface area contributed by atoms with Crippen LogP contribution in [0.3, 0.4) is 0 Å². The Morgan fingerprint density at radius 3 is 2.26 bits per heavy atom. The monoisotopic (exact) mass is 701 g/mol. The summed E-state index contributed by atoms with van der Waals surface area (Å²) in [7, 11) is 2.98. The number of carbonyl (C=O) groups is 3. The number of aliphatic hydroxyl groups excluding tert-OH is 2. The highest BCUT2D eigenvalue weighted by molar-refractivity contribution is 6.24. The number of hydrogen-bond donors (Lipinski definition) is 5. The first kappa shape index (κ1) is 35.0. The number of primary amides is 1. The number of allylic oxidation sites excluding steroid dienone is 1. The second-order valence-corrected chi connectivity index (χ2v) is 16.6. The van der Waals surface area contributed by atoms with Gasteiger partial charge in [-0.05, 0) is 111 Å². The van der Waals surface area contributed by atoms with Gasteiger partial charge < -0.3 is 26.2 Å². The maximum Gasteiger partial charge on any atom is 0.417 e. The quantitative estimate of drug-likeness (QED) is 0.247. The minimum Gasteiger partial charge on any atom is -0.510 e. The maximum absolute atomic E-state index is 15.2. The Morgan fingerprint density at radius 1 is 1.02 bits per heavy atom. The molecule has 0 spiro atoms. The van der Waals surface area contributed by atoms with E-state index in [9.17, 15) is 34.8 Å². The van der Waals surface area contributed by atoms with Crippen LogP contribution >= 0.6 is 0 Å². The zero-order valence-electron chi connectivity index (χ0n) is 28.8. The molecule has 1 amide bonds. The zero-order valence-corrected chi connectivity index (χ0v) is 28.8. The standard InChI is InChI=1S/C37H46F3N3O7/c1-35(2)20-8-7-17(22(35)12-20)14-43(13-16-5-6-16)15-19-11-24(44)26-21(28(19)37(38,39)40)9-18-10-23-29(42(3)4)31(46)27(34(41)49)33(48)36(23,50)32(47)25(18)30(26)45/h11,16-18,20,22-23,29,44,46-47,50H,5-10,12-15H2,1-4H3,(H2,41,49)/t17-,18+,20?,22?,23+,29+,36+/m1/s1. The number of nitrogens with zero attached hydrogens (tertiary/aromatic N) is 2. The average molecular weight is 702 g/mol. The number of likely N-dealkylation sites (N-methyl/N-ethyl adjacent to an activating group) is 1. The minimum atomic E-state index is -4.89. The van der Waals surface area contributed by atoms with Crippen molar-refractivity contribution in [3.05, 3.63) is 51.0 Å². The topological polar surface area (TPSA) is 165 Å². The molecule has 7 aliphatic rings. The Bertz CT molecular complexity index is 1740. The van der Waals surface area contributed by atoms with Gasteiger partial charge in [-0.1, -0.05) is 13.8 Å². The molecule has 272 valence electrons. The van der Waals surface area contributed by atoms with Crippen LogP contribution in [-0.2, 0) is 28.7 Å². The lowest BCUT2D eigenvalue weighted by atomic mass is 9.45. The predicted octanol–water partition coefficient (Wildman–Crippen LogP) is 4.42. The molecule has 7 atom stereocenters. The number of phenolic OH excluding ortho intramolecular Hbond substituents is 1. The lowest BCUT2D eigenvalue weighted by molar-refractivity contribution is -0.148. The number of ketones is 2. The van der Waals surface area contributed by atoms with E-state index in [1.54, 1.807) is 0 Å². The number of Topliss-reactive ketones (excluding diaryl/α,β-unsaturated/α-hetero) is 2. The summed E-state index contributed by atoms with van der Waals surface area (Å²) < 4.78 is 45.7. The van der Waals surface area contributed by atoms with Crippen LogP contribution in [0.25, 0.3) is 0 Å². The van der Waals surface area contributed by atoms with Crippen molar-refractivity contribution >= 4 is 17.5 Å². The van der Waals surface area contributed by atoms with E-state index < -0.39 is 98.7 Å². The van der Waals surface area contributed by atoms with E-state index in [4.69, 9.17) is 5.73 Å². The number of fused-ring (bicyclic) bond motifs is 5. The smallest absolute Gasteiger partial charge is 0.417 e. The average Bonchev–Trinajstić information content (AvgIpc) is 3.81. The van der Waals surface area contributed by atoms with Gasteiger partial charge in [0.2, 0.25) is 5.78 Å². The van der Waals surface area contributed by atoms with E-state index >= 15 is 13.2 Å². The van der Waals surface area contributed by atoms with E-state index in [0.717, 1.165) is 38.2 Å². The third-order valence-electron chi connectivity index (χ3n) is 13.2.